The van der Waals surface area contributed by atoms with Crippen molar-refractivity contribution in [1.29, 1.82) is 0 Å². The zero-order chi connectivity index (χ0) is 13.2. The van der Waals surface area contributed by atoms with Crippen LogP contribution in [0.4, 0.5) is 10.1 Å². The minimum Gasteiger partial charge on any atom is -0.399 e. The molecule has 5 N–H and O–H groups in total. The number of nitrogen functional groups attached to an aromatic ring is 1. The van der Waals surface area contributed by atoms with Crippen molar-refractivity contribution in [3.05, 3.63) is 24.0 Å². The largest absolute Gasteiger partial charge is 0.399 e. The summed E-state index contributed by atoms with van der Waals surface area (Å²) in [6, 6.07) is 2.01. The molecule has 0 aliphatic rings. The van der Waals surface area contributed by atoms with Crippen molar-refractivity contribution in [2.75, 3.05) is 5.73 Å². The first-order valence-electron chi connectivity index (χ1n) is 4.60. The van der Waals surface area contributed by atoms with Gasteiger partial charge in [-0.05, 0) is 25.1 Å². The Hall–Kier alpha value is -1.67. The van der Waals surface area contributed by atoms with Gasteiger partial charge in [-0.2, -0.15) is 4.72 Å². The van der Waals surface area contributed by atoms with E-state index in [2.05, 4.69) is 0 Å². The highest BCUT2D eigenvalue weighted by molar-refractivity contribution is 7.89. The summed E-state index contributed by atoms with van der Waals surface area (Å²) in [6.07, 6.45) is 0. The third-order valence-corrected chi connectivity index (χ3v) is 3.58. The zero-order valence-electron chi connectivity index (χ0n) is 8.98. The molecule has 0 bridgehead atoms. The van der Waals surface area contributed by atoms with Gasteiger partial charge in [0.1, 0.15) is 10.7 Å². The van der Waals surface area contributed by atoms with Gasteiger partial charge in [0.15, 0.2) is 0 Å². The van der Waals surface area contributed by atoms with Gasteiger partial charge in [0.05, 0.1) is 6.04 Å². The van der Waals surface area contributed by atoms with Crippen LogP contribution >= 0.6 is 0 Å². The Morgan fingerprint density at radius 2 is 2.06 bits per heavy atom. The first kappa shape index (κ1) is 13.4. The maximum Gasteiger partial charge on any atom is 0.244 e. The number of rotatable bonds is 4. The molecule has 0 heterocycles. The van der Waals surface area contributed by atoms with Crippen LogP contribution in [-0.4, -0.2) is 20.4 Å². The highest BCUT2D eigenvalue weighted by Gasteiger charge is 2.23. The molecule has 8 heteroatoms. The average molecular weight is 261 g/mol. The van der Waals surface area contributed by atoms with Crippen LogP contribution in [0.1, 0.15) is 6.92 Å². The van der Waals surface area contributed by atoms with E-state index >= 15 is 0 Å². The molecule has 1 rings (SSSR count). The Bertz CT molecular complexity index is 544. The number of nitrogens with one attached hydrogen (secondary N) is 1. The molecule has 0 saturated carbocycles. The normalized spacial score (nSPS) is 13.3. The molecule has 0 spiro atoms. The standard InChI is InChI=1S/C9H12FN3O3S/c1-5(9(12)14)13-17(15,16)8-3-2-6(11)4-7(8)10/h2-5,13H,11H2,1H3,(H2,12,14). The second-order valence-corrected chi connectivity index (χ2v) is 5.12. The second kappa shape index (κ2) is 4.68. The molecular formula is C9H12FN3O3S. The van der Waals surface area contributed by atoms with E-state index < -0.39 is 32.7 Å². The Morgan fingerprint density at radius 3 is 2.53 bits per heavy atom. The minimum atomic E-state index is -4.13. The number of nitrogens with two attached hydrogens (primary N) is 2. The van der Waals surface area contributed by atoms with Gasteiger partial charge in [0.2, 0.25) is 15.9 Å². The number of amides is 1. The first-order valence-corrected chi connectivity index (χ1v) is 6.09. The van der Waals surface area contributed by atoms with Crippen LogP contribution in [0.15, 0.2) is 23.1 Å². The third kappa shape index (κ3) is 3.14. The summed E-state index contributed by atoms with van der Waals surface area (Å²) >= 11 is 0. The highest BCUT2D eigenvalue weighted by Crippen LogP contribution is 2.17. The third-order valence-electron chi connectivity index (χ3n) is 2.00. The second-order valence-electron chi connectivity index (χ2n) is 3.44. The fraction of sp³-hybridized carbons (Fsp3) is 0.222. The number of hydrogen-bond acceptors (Lipinski definition) is 4. The van der Waals surface area contributed by atoms with Crippen molar-refractivity contribution in [2.45, 2.75) is 17.9 Å². The van der Waals surface area contributed by atoms with E-state index in [4.69, 9.17) is 11.5 Å². The van der Waals surface area contributed by atoms with E-state index in [1.54, 1.807) is 0 Å². The number of primary amides is 1. The molecule has 0 fully saturated rings. The van der Waals surface area contributed by atoms with Gasteiger partial charge in [0, 0.05) is 5.69 Å². The van der Waals surface area contributed by atoms with Gasteiger partial charge in [-0.3, -0.25) is 4.79 Å². The molecule has 6 nitrogen and oxygen atoms in total. The molecule has 17 heavy (non-hydrogen) atoms. The minimum absolute atomic E-state index is 0.101. The molecule has 0 saturated heterocycles. The van der Waals surface area contributed by atoms with Crippen LogP contribution in [0.3, 0.4) is 0 Å². The average Bonchev–Trinajstić information content (AvgIpc) is 2.15. The van der Waals surface area contributed by atoms with Crippen molar-refractivity contribution < 1.29 is 17.6 Å². The van der Waals surface area contributed by atoms with Crippen LogP contribution in [0.25, 0.3) is 0 Å². The molecule has 1 aromatic carbocycles. The lowest BCUT2D eigenvalue weighted by Gasteiger charge is -2.11. The van der Waals surface area contributed by atoms with Crippen molar-refractivity contribution in [1.82, 2.24) is 4.72 Å². The quantitative estimate of drug-likeness (QED) is 0.637. The number of hydrogen-bond donors (Lipinski definition) is 3. The van der Waals surface area contributed by atoms with Crippen LogP contribution in [0.2, 0.25) is 0 Å². The molecule has 0 aliphatic carbocycles. The van der Waals surface area contributed by atoms with E-state index in [-0.39, 0.29) is 5.69 Å². The fourth-order valence-electron chi connectivity index (χ4n) is 1.09. The van der Waals surface area contributed by atoms with Gasteiger partial charge in [-0.25, -0.2) is 12.8 Å². The first-order chi connectivity index (χ1) is 7.74. The molecule has 1 amide bonds. The summed E-state index contributed by atoms with van der Waals surface area (Å²) in [4.78, 5) is 10.1. The van der Waals surface area contributed by atoms with Gasteiger partial charge in [-0.1, -0.05) is 0 Å². The van der Waals surface area contributed by atoms with Crippen molar-refractivity contribution >= 4 is 21.6 Å². The summed E-state index contributed by atoms with van der Waals surface area (Å²) in [7, 11) is -4.13. The summed E-state index contributed by atoms with van der Waals surface area (Å²) in [5, 5.41) is 0. The lowest BCUT2D eigenvalue weighted by atomic mass is 10.3. The lowest BCUT2D eigenvalue weighted by molar-refractivity contribution is -0.119. The van der Waals surface area contributed by atoms with Gasteiger partial charge in [0.25, 0.3) is 0 Å². The van der Waals surface area contributed by atoms with E-state index in [1.165, 1.54) is 13.0 Å². The maximum atomic E-state index is 13.4. The van der Waals surface area contributed by atoms with Crippen molar-refractivity contribution in [3.8, 4) is 0 Å². The van der Waals surface area contributed by atoms with Crippen molar-refractivity contribution in [3.63, 3.8) is 0 Å². The van der Waals surface area contributed by atoms with Crippen molar-refractivity contribution in [2.24, 2.45) is 5.73 Å². The number of carbonyl (C=O) groups excluding carboxylic acids is 1. The summed E-state index contributed by atoms with van der Waals surface area (Å²) < 4.78 is 38.7. The number of carbonyl (C=O) groups is 1. The summed E-state index contributed by atoms with van der Waals surface area (Å²) in [5.74, 6) is -1.85. The number of anilines is 1. The molecule has 0 radical (unpaired) electrons. The molecule has 1 atom stereocenters. The van der Waals surface area contributed by atoms with Crippen LogP contribution in [0, 0.1) is 5.82 Å². The predicted octanol–water partition coefficient (Wildman–Crippen LogP) is -0.440. The monoisotopic (exact) mass is 261 g/mol. The van der Waals surface area contributed by atoms with Crippen LogP contribution in [0.5, 0.6) is 0 Å². The van der Waals surface area contributed by atoms with Gasteiger partial charge in [-0.15, -0.1) is 0 Å². The molecule has 94 valence electrons. The lowest BCUT2D eigenvalue weighted by Crippen LogP contribution is -2.42. The predicted molar refractivity (Wildman–Crippen MR) is 59.8 cm³/mol. The van der Waals surface area contributed by atoms with Gasteiger partial charge < -0.3 is 11.5 Å². The topological polar surface area (TPSA) is 115 Å². The summed E-state index contributed by atoms with van der Waals surface area (Å²) in [5.41, 5.74) is 10.3. The molecular weight excluding hydrogens is 249 g/mol. The van der Waals surface area contributed by atoms with E-state index in [0.29, 0.717) is 0 Å². The molecule has 1 aromatic rings. The Morgan fingerprint density at radius 1 is 1.47 bits per heavy atom. The smallest absolute Gasteiger partial charge is 0.244 e. The van der Waals surface area contributed by atoms with E-state index in [1.807, 2.05) is 4.72 Å². The Labute approximate surface area is 97.8 Å². The Kier molecular flexibility index (Phi) is 3.69. The number of sulfonamides is 1. The Balaban J connectivity index is 3.10. The number of benzene rings is 1. The highest BCUT2D eigenvalue weighted by atomic mass is 32.2. The maximum absolute atomic E-state index is 13.4. The molecule has 1 unspecified atom stereocenters. The van der Waals surface area contributed by atoms with Crippen LogP contribution < -0.4 is 16.2 Å². The summed E-state index contributed by atoms with van der Waals surface area (Å²) in [6.45, 7) is 1.26. The van der Waals surface area contributed by atoms with Crippen LogP contribution in [-0.2, 0) is 14.8 Å². The SMILES string of the molecule is CC(NS(=O)(=O)c1ccc(N)cc1F)C(N)=O. The fourth-order valence-corrected chi connectivity index (χ4v) is 2.36. The zero-order valence-corrected chi connectivity index (χ0v) is 9.79. The number of halogens is 1. The van der Waals surface area contributed by atoms with E-state index in [9.17, 15) is 17.6 Å². The molecule has 0 aromatic heterocycles. The van der Waals surface area contributed by atoms with Gasteiger partial charge >= 0.3 is 0 Å². The molecule has 0 aliphatic heterocycles. The van der Waals surface area contributed by atoms with E-state index in [0.717, 1.165) is 12.1 Å².